The number of anilines is 3. The first kappa shape index (κ1) is 32.0. The minimum Gasteiger partial charge on any atom is -0.377 e. The number of nitrogens with zero attached hydrogens (tertiary/aromatic N) is 1. The van der Waals surface area contributed by atoms with Crippen LogP contribution in [-0.4, -0.2) is 13.2 Å². The minimum atomic E-state index is 0.620. The fourth-order valence-electron chi connectivity index (χ4n) is 5.36. The van der Waals surface area contributed by atoms with E-state index in [1.165, 1.54) is 39.0 Å². The zero-order valence-electron chi connectivity index (χ0n) is 27.1. The van der Waals surface area contributed by atoms with Crippen LogP contribution in [-0.2, 0) is 29.1 Å². The summed E-state index contributed by atoms with van der Waals surface area (Å²) < 4.78 is 11.4. The molecular weight excluding hydrogens is 550 g/mol. The Morgan fingerprint density at radius 1 is 0.556 bits per heavy atom. The van der Waals surface area contributed by atoms with Crippen LogP contribution in [0.2, 0.25) is 0 Å². The fourth-order valence-corrected chi connectivity index (χ4v) is 5.36. The fraction of sp³-hybridized carbons (Fsp3) is 0.238. The van der Waals surface area contributed by atoms with Crippen molar-refractivity contribution in [2.75, 3.05) is 18.1 Å². The van der Waals surface area contributed by atoms with E-state index in [9.17, 15) is 0 Å². The first-order valence-electron chi connectivity index (χ1n) is 16.2. The van der Waals surface area contributed by atoms with Crippen molar-refractivity contribution in [1.29, 1.82) is 0 Å². The Morgan fingerprint density at radius 3 is 1.51 bits per heavy atom. The zero-order chi connectivity index (χ0) is 31.4. The molecule has 5 aromatic carbocycles. The summed E-state index contributed by atoms with van der Waals surface area (Å²) in [5.41, 5.74) is 13.1. The summed E-state index contributed by atoms with van der Waals surface area (Å²) in [6, 6.07) is 44.0. The van der Waals surface area contributed by atoms with Gasteiger partial charge in [-0.1, -0.05) is 104 Å². The molecule has 0 fully saturated rings. The molecule has 0 aliphatic rings. The molecule has 45 heavy (non-hydrogen) atoms. The molecule has 0 aliphatic heterocycles. The second-order valence-electron chi connectivity index (χ2n) is 11.4. The second kappa shape index (κ2) is 16.0. The van der Waals surface area contributed by atoms with E-state index >= 15 is 0 Å². The van der Waals surface area contributed by atoms with E-state index in [0.29, 0.717) is 19.8 Å². The lowest BCUT2D eigenvalue weighted by atomic mass is 9.94. The molecule has 0 saturated heterocycles. The predicted octanol–water partition coefficient (Wildman–Crippen LogP) is 11.1. The minimum absolute atomic E-state index is 0.620. The van der Waals surface area contributed by atoms with Crippen molar-refractivity contribution in [2.45, 2.75) is 53.8 Å². The van der Waals surface area contributed by atoms with Crippen molar-refractivity contribution in [2.24, 2.45) is 0 Å². The van der Waals surface area contributed by atoms with Crippen molar-refractivity contribution in [3.8, 4) is 0 Å². The van der Waals surface area contributed by atoms with E-state index in [2.05, 4.69) is 153 Å². The molecule has 0 saturated carbocycles. The largest absolute Gasteiger partial charge is 0.377 e. The maximum absolute atomic E-state index is 5.78. The van der Waals surface area contributed by atoms with Crippen LogP contribution < -0.4 is 4.90 Å². The molecule has 0 amide bonds. The smallest absolute Gasteiger partial charge is 0.0716 e. The van der Waals surface area contributed by atoms with E-state index in [0.717, 1.165) is 42.1 Å². The molecule has 5 rings (SSSR count). The lowest BCUT2D eigenvalue weighted by Crippen LogP contribution is -2.10. The highest BCUT2D eigenvalue weighted by atomic mass is 16.5. The van der Waals surface area contributed by atoms with Crippen LogP contribution in [0.25, 0.3) is 11.6 Å². The highest BCUT2D eigenvalue weighted by Crippen LogP contribution is 2.36. The van der Waals surface area contributed by atoms with Crippen LogP contribution in [0.15, 0.2) is 121 Å². The maximum Gasteiger partial charge on any atom is 0.0716 e. The number of aryl methyl sites for hydroxylation is 2. The Hall–Kier alpha value is -4.44. The van der Waals surface area contributed by atoms with Crippen LogP contribution in [0, 0.1) is 6.92 Å². The van der Waals surface area contributed by atoms with Gasteiger partial charge < -0.3 is 14.4 Å². The highest BCUT2D eigenvalue weighted by molar-refractivity contribution is 5.92. The summed E-state index contributed by atoms with van der Waals surface area (Å²) in [5, 5.41) is 0. The molecule has 0 aliphatic carbocycles. The number of benzene rings is 5. The third-order valence-corrected chi connectivity index (χ3v) is 7.98. The summed E-state index contributed by atoms with van der Waals surface area (Å²) >= 11 is 0. The Labute approximate surface area is 269 Å². The molecule has 0 bridgehead atoms. The van der Waals surface area contributed by atoms with Crippen molar-refractivity contribution >= 4 is 28.7 Å². The molecule has 0 radical (unpaired) electrons. The van der Waals surface area contributed by atoms with Gasteiger partial charge in [-0.15, -0.1) is 0 Å². The molecule has 3 heteroatoms. The Bertz CT molecular complexity index is 1630. The van der Waals surface area contributed by atoms with E-state index < -0.39 is 0 Å². The molecule has 0 unspecified atom stereocenters. The number of ether oxygens (including phenoxy) is 2. The third kappa shape index (κ3) is 8.60. The summed E-state index contributed by atoms with van der Waals surface area (Å²) in [5.74, 6) is 0. The molecule has 5 aromatic rings. The molecular formula is C42H45NO2. The van der Waals surface area contributed by atoms with Gasteiger partial charge in [0.15, 0.2) is 0 Å². The SMILES string of the molecule is CCCOCc1ccc(N(c2ccc(C=C(c3ccc(C)cc3)c3ccc(CC)cc3)cc2)c2ccc(COCC)cc2)cc1. The van der Waals surface area contributed by atoms with Gasteiger partial charge in [-0.3, -0.25) is 0 Å². The van der Waals surface area contributed by atoms with Crippen molar-refractivity contribution < 1.29 is 9.47 Å². The summed E-state index contributed by atoms with van der Waals surface area (Å²) in [4.78, 5) is 2.30. The Morgan fingerprint density at radius 2 is 1.02 bits per heavy atom. The van der Waals surface area contributed by atoms with E-state index in [4.69, 9.17) is 9.47 Å². The first-order chi connectivity index (χ1) is 22.1. The van der Waals surface area contributed by atoms with E-state index in [1.54, 1.807) is 0 Å². The van der Waals surface area contributed by atoms with Crippen LogP contribution in [0.4, 0.5) is 17.1 Å². The molecule has 230 valence electrons. The van der Waals surface area contributed by atoms with Crippen molar-refractivity contribution in [3.63, 3.8) is 0 Å². The van der Waals surface area contributed by atoms with Gasteiger partial charge in [-0.05, 0) is 108 Å². The van der Waals surface area contributed by atoms with Crippen molar-refractivity contribution in [3.05, 3.63) is 160 Å². The number of hydrogen-bond acceptors (Lipinski definition) is 3. The summed E-state index contributed by atoms with van der Waals surface area (Å²) in [7, 11) is 0. The Balaban J connectivity index is 1.49. The normalized spacial score (nSPS) is 11.5. The predicted molar refractivity (Wildman–Crippen MR) is 190 cm³/mol. The Kier molecular flexibility index (Phi) is 11.4. The van der Waals surface area contributed by atoms with Crippen LogP contribution in [0.5, 0.6) is 0 Å². The van der Waals surface area contributed by atoms with Gasteiger partial charge in [0.05, 0.1) is 13.2 Å². The standard InChI is InChI=1S/C42H45NO2/c1-5-28-45-31-36-16-26-41(27-17-36)43(40-24-14-35(15-25-40)30-44-7-3)39-22-12-34(13-23-39)29-42(37-18-8-32(4)9-19-37)38-20-10-33(6-2)11-21-38/h8-27,29H,5-7,28,30-31H2,1-4H3. The van der Waals surface area contributed by atoms with E-state index in [-0.39, 0.29) is 0 Å². The average molecular weight is 596 g/mol. The lowest BCUT2D eigenvalue weighted by molar-refractivity contribution is 0.121. The van der Waals surface area contributed by atoms with Gasteiger partial charge in [0.25, 0.3) is 0 Å². The number of hydrogen-bond donors (Lipinski definition) is 0. The highest BCUT2D eigenvalue weighted by Gasteiger charge is 2.13. The summed E-state index contributed by atoms with van der Waals surface area (Å²) in [6.07, 6.45) is 4.35. The molecule has 0 aromatic heterocycles. The number of rotatable bonds is 14. The van der Waals surface area contributed by atoms with Gasteiger partial charge in [0.1, 0.15) is 0 Å². The van der Waals surface area contributed by atoms with Gasteiger partial charge in [0.2, 0.25) is 0 Å². The average Bonchev–Trinajstić information content (AvgIpc) is 3.09. The van der Waals surface area contributed by atoms with Crippen molar-refractivity contribution in [1.82, 2.24) is 0 Å². The molecule has 0 N–H and O–H groups in total. The van der Waals surface area contributed by atoms with Crippen LogP contribution >= 0.6 is 0 Å². The van der Waals surface area contributed by atoms with Gasteiger partial charge in [0, 0.05) is 30.3 Å². The van der Waals surface area contributed by atoms with Crippen LogP contribution in [0.3, 0.4) is 0 Å². The third-order valence-electron chi connectivity index (χ3n) is 7.98. The molecule has 0 atom stereocenters. The van der Waals surface area contributed by atoms with E-state index in [1.807, 2.05) is 6.92 Å². The molecule has 3 nitrogen and oxygen atoms in total. The lowest BCUT2D eigenvalue weighted by Gasteiger charge is -2.26. The molecule has 0 heterocycles. The van der Waals surface area contributed by atoms with Crippen LogP contribution in [0.1, 0.15) is 66.1 Å². The van der Waals surface area contributed by atoms with Gasteiger partial charge in [-0.2, -0.15) is 0 Å². The summed E-state index contributed by atoms with van der Waals surface area (Å²) in [6.45, 7) is 11.2. The zero-order valence-corrected chi connectivity index (χ0v) is 27.1. The van der Waals surface area contributed by atoms with Gasteiger partial charge in [-0.25, -0.2) is 0 Å². The monoisotopic (exact) mass is 595 g/mol. The topological polar surface area (TPSA) is 21.7 Å². The molecule has 0 spiro atoms. The quantitative estimate of drug-likeness (QED) is 0.0941. The maximum atomic E-state index is 5.78. The first-order valence-corrected chi connectivity index (χ1v) is 16.2. The second-order valence-corrected chi connectivity index (χ2v) is 11.4. The van der Waals surface area contributed by atoms with Gasteiger partial charge >= 0.3 is 0 Å².